The van der Waals surface area contributed by atoms with Crippen LogP contribution in [0.15, 0.2) is 0 Å². The normalized spacial score (nSPS) is 55.0. The smallest absolute Gasteiger partial charge is 0.139 e. The van der Waals surface area contributed by atoms with Crippen LogP contribution in [0.4, 0.5) is 0 Å². The van der Waals surface area contributed by atoms with E-state index in [2.05, 4.69) is 13.8 Å². The molecule has 4 rings (SSSR count). The van der Waals surface area contributed by atoms with Crippen molar-refractivity contribution in [3.05, 3.63) is 0 Å². The van der Waals surface area contributed by atoms with Gasteiger partial charge in [-0.2, -0.15) is 0 Å². The van der Waals surface area contributed by atoms with E-state index in [9.17, 15) is 9.90 Å². The molecule has 0 saturated heterocycles. The zero-order valence-corrected chi connectivity index (χ0v) is 14.3. The van der Waals surface area contributed by atoms with E-state index in [4.69, 9.17) is 0 Å². The maximum absolute atomic E-state index is 12.6. The molecule has 22 heavy (non-hydrogen) atoms. The Kier molecular flexibility index (Phi) is 3.49. The van der Waals surface area contributed by atoms with Gasteiger partial charge >= 0.3 is 0 Å². The lowest BCUT2D eigenvalue weighted by atomic mass is 9.43. The van der Waals surface area contributed by atoms with Crippen molar-refractivity contribution < 1.29 is 9.90 Å². The fraction of sp³-hybridized carbons (Fsp3) is 0.950. The lowest BCUT2D eigenvalue weighted by molar-refractivity contribution is -0.158. The maximum atomic E-state index is 12.6. The van der Waals surface area contributed by atoms with Gasteiger partial charge in [-0.1, -0.05) is 13.8 Å². The van der Waals surface area contributed by atoms with Crippen LogP contribution in [0.3, 0.4) is 0 Å². The van der Waals surface area contributed by atoms with Gasteiger partial charge in [-0.15, -0.1) is 0 Å². The van der Waals surface area contributed by atoms with Crippen LogP contribution in [0.25, 0.3) is 0 Å². The van der Waals surface area contributed by atoms with E-state index in [1.54, 1.807) is 0 Å². The first-order valence-corrected chi connectivity index (χ1v) is 9.66. The van der Waals surface area contributed by atoms with Gasteiger partial charge in [0, 0.05) is 11.8 Å². The molecule has 0 bridgehead atoms. The summed E-state index contributed by atoms with van der Waals surface area (Å²) in [5, 5.41) is 10.1. The summed E-state index contributed by atoms with van der Waals surface area (Å²) in [6.45, 7) is 4.81. The van der Waals surface area contributed by atoms with Crippen LogP contribution in [0.2, 0.25) is 0 Å². The Morgan fingerprint density at radius 2 is 1.82 bits per heavy atom. The fourth-order valence-electron chi connectivity index (χ4n) is 7.20. The van der Waals surface area contributed by atoms with Crippen molar-refractivity contribution in [2.24, 2.45) is 34.5 Å². The Morgan fingerprint density at radius 3 is 2.64 bits per heavy atom. The van der Waals surface area contributed by atoms with Crippen LogP contribution in [0, 0.1) is 34.5 Å². The number of hydrogen-bond donors (Lipinski definition) is 1. The Morgan fingerprint density at radius 1 is 1.00 bits per heavy atom. The van der Waals surface area contributed by atoms with Gasteiger partial charge in [0.05, 0.1) is 6.10 Å². The van der Waals surface area contributed by atoms with E-state index in [1.165, 1.54) is 32.1 Å². The molecule has 0 aromatic heterocycles. The summed E-state index contributed by atoms with van der Waals surface area (Å²) in [4.78, 5) is 12.6. The van der Waals surface area contributed by atoms with Crippen LogP contribution in [0.1, 0.15) is 78.1 Å². The number of hydrogen-bond acceptors (Lipinski definition) is 2. The van der Waals surface area contributed by atoms with Crippen LogP contribution >= 0.6 is 0 Å². The number of carbonyl (C=O) groups is 1. The minimum absolute atomic E-state index is 0.00318. The molecular weight excluding hydrogens is 272 g/mol. The lowest BCUT2D eigenvalue weighted by Gasteiger charge is -2.61. The highest BCUT2D eigenvalue weighted by Gasteiger charge is 2.58. The monoisotopic (exact) mass is 304 g/mol. The second kappa shape index (κ2) is 5.06. The Labute approximate surface area is 135 Å². The van der Waals surface area contributed by atoms with Crippen molar-refractivity contribution in [1.29, 1.82) is 0 Å². The molecule has 0 aromatic carbocycles. The minimum atomic E-state index is -0.0558. The van der Waals surface area contributed by atoms with Crippen LogP contribution in [0.5, 0.6) is 0 Å². The van der Waals surface area contributed by atoms with Gasteiger partial charge in [-0.25, -0.2) is 0 Å². The van der Waals surface area contributed by atoms with Crippen LogP contribution in [-0.2, 0) is 4.79 Å². The first kappa shape index (κ1) is 15.2. The van der Waals surface area contributed by atoms with Gasteiger partial charge in [0.1, 0.15) is 5.78 Å². The first-order chi connectivity index (χ1) is 10.4. The number of fused-ring (bicyclic) bond motifs is 5. The summed E-state index contributed by atoms with van der Waals surface area (Å²) in [6, 6.07) is 0. The third kappa shape index (κ3) is 1.98. The number of carbonyl (C=O) groups excluding carboxylic acids is 1. The van der Waals surface area contributed by atoms with E-state index in [0.29, 0.717) is 17.1 Å². The summed E-state index contributed by atoms with van der Waals surface area (Å²) < 4.78 is 0. The molecule has 0 aromatic rings. The molecule has 4 fully saturated rings. The first-order valence-electron chi connectivity index (χ1n) is 9.66. The summed E-state index contributed by atoms with van der Waals surface area (Å²) in [6.07, 6.45) is 11.4. The average molecular weight is 304 g/mol. The second-order valence-electron chi connectivity index (χ2n) is 9.36. The molecule has 124 valence electrons. The fourth-order valence-corrected chi connectivity index (χ4v) is 7.20. The molecular formula is C20H32O2. The average Bonchev–Trinajstić information content (AvgIpc) is 2.49. The highest BCUT2D eigenvalue weighted by Crippen LogP contribution is 2.64. The Hall–Kier alpha value is -0.370. The Balaban J connectivity index is 1.63. The van der Waals surface area contributed by atoms with E-state index in [-0.39, 0.29) is 11.5 Å². The van der Waals surface area contributed by atoms with Crippen LogP contribution < -0.4 is 0 Å². The highest BCUT2D eigenvalue weighted by molar-refractivity contribution is 5.85. The molecule has 2 nitrogen and oxygen atoms in total. The van der Waals surface area contributed by atoms with Gasteiger partial charge in [0.15, 0.2) is 0 Å². The second-order valence-corrected chi connectivity index (χ2v) is 9.36. The highest BCUT2D eigenvalue weighted by atomic mass is 16.3. The van der Waals surface area contributed by atoms with Crippen molar-refractivity contribution in [2.75, 3.05) is 0 Å². The SMILES string of the molecule is C[C@]12CC[C@@H](O)C[C@@H]1CC[C@H]1[C@H]3CCCC(=O)[C@]3(C)CC[C@@H]12. The topological polar surface area (TPSA) is 37.3 Å². The quantitative estimate of drug-likeness (QED) is 0.722. The summed E-state index contributed by atoms with van der Waals surface area (Å²) in [5.41, 5.74) is 0.431. The number of aliphatic hydroxyl groups excluding tert-OH is 1. The zero-order valence-electron chi connectivity index (χ0n) is 14.3. The standard InChI is InChI=1S/C20H32O2/c1-19-10-8-14(21)12-13(19)6-7-15-16-4-3-5-18(22)20(16,2)11-9-17(15)19/h13-17,21H,3-12H2,1-2H3/t13-,14+,15-,16+,17-,19-,20+/m0/s1. The Bertz CT molecular complexity index is 472. The van der Waals surface area contributed by atoms with Crippen molar-refractivity contribution >= 4 is 5.78 Å². The molecule has 2 heteroatoms. The maximum Gasteiger partial charge on any atom is 0.139 e. The number of aliphatic hydroxyl groups is 1. The van der Waals surface area contributed by atoms with E-state index in [1.807, 2.05) is 0 Å². The van der Waals surface area contributed by atoms with E-state index in [0.717, 1.165) is 49.9 Å². The molecule has 0 radical (unpaired) electrons. The van der Waals surface area contributed by atoms with Crippen molar-refractivity contribution in [2.45, 2.75) is 84.2 Å². The van der Waals surface area contributed by atoms with Crippen molar-refractivity contribution in [1.82, 2.24) is 0 Å². The van der Waals surface area contributed by atoms with Gasteiger partial charge < -0.3 is 5.11 Å². The molecule has 4 aliphatic carbocycles. The molecule has 0 unspecified atom stereocenters. The predicted octanol–water partition coefficient (Wildman–Crippen LogP) is 4.35. The lowest BCUT2D eigenvalue weighted by Crippen LogP contribution is -2.56. The summed E-state index contributed by atoms with van der Waals surface area (Å²) >= 11 is 0. The number of ketones is 1. The van der Waals surface area contributed by atoms with Gasteiger partial charge in [0.25, 0.3) is 0 Å². The van der Waals surface area contributed by atoms with Crippen molar-refractivity contribution in [3.63, 3.8) is 0 Å². The molecule has 0 aliphatic heterocycles. The minimum Gasteiger partial charge on any atom is -0.393 e. The number of rotatable bonds is 0. The summed E-state index contributed by atoms with van der Waals surface area (Å²) in [5.74, 6) is 3.52. The number of Topliss-reactive ketones (excluding diaryl/α,β-unsaturated/α-hetero) is 1. The van der Waals surface area contributed by atoms with E-state index >= 15 is 0 Å². The van der Waals surface area contributed by atoms with Crippen LogP contribution in [-0.4, -0.2) is 17.0 Å². The predicted molar refractivity (Wildman–Crippen MR) is 87.4 cm³/mol. The molecule has 0 heterocycles. The third-order valence-electron chi connectivity index (χ3n) is 8.58. The summed E-state index contributed by atoms with van der Waals surface area (Å²) in [7, 11) is 0. The van der Waals surface area contributed by atoms with Gasteiger partial charge in [-0.05, 0) is 86.9 Å². The largest absolute Gasteiger partial charge is 0.393 e. The molecule has 7 atom stereocenters. The molecule has 0 amide bonds. The van der Waals surface area contributed by atoms with Gasteiger partial charge in [0.2, 0.25) is 0 Å². The van der Waals surface area contributed by atoms with Crippen molar-refractivity contribution in [3.8, 4) is 0 Å². The third-order valence-corrected chi connectivity index (χ3v) is 8.58. The molecule has 1 N–H and O–H groups in total. The zero-order chi connectivity index (χ0) is 15.5. The van der Waals surface area contributed by atoms with Gasteiger partial charge in [-0.3, -0.25) is 4.79 Å². The molecule has 4 saturated carbocycles. The molecule has 4 aliphatic rings. The molecule has 0 spiro atoms. The van der Waals surface area contributed by atoms with E-state index < -0.39 is 0 Å².